The van der Waals surface area contributed by atoms with Gasteiger partial charge in [-0.25, -0.2) is 8.42 Å². The Morgan fingerprint density at radius 1 is 1.11 bits per heavy atom. The van der Waals surface area contributed by atoms with Crippen molar-refractivity contribution in [3.63, 3.8) is 0 Å². The van der Waals surface area contributed by atoms with Gasteiger partial charge >= 0.3 is 0 Å². The quantitative estimate of drug-likeness (QED) is 0.837. The summed E-state index contributed by atoms with van der Waals surface area (Å²) in [5.74, 6) is 0.733. The third-order valence-corrected chi connectivity index (χ3v) is 4.05. The lowest BCUT2D eigenvalue weighted by Crippen LogP contribution is -2.36. The molecule has 1 rings (SSSR count). The second kappa shape index (κ2) is 7.06. The van der Waals surface area contributed by atoms with Gasteiger partial charge in [-0.3, -0.25) is 0 Å². The molecule has 0 heterocycles. The molecule has 4 heteroatoms. The number of hydrogen-bond donors (Lipinski definition) is 1. The summed E-state index contributed by atoms with van der Waals surface area (Å²) in [7, 11) is -2.94. The van der Waals surface area contributed by atoms with Gasteiger partial charge in [-0.1, -0.05) is 44.2 Å². The Hall–Kier alpha value is -0.870. The highest BCUT2D eigenvalue weighted by Gasteiger charge is 2.18. The molecule has 3 nitrogen and oxygen atoms in total. The summed E-state index contributed by atoms with van der Waals surface area (Å²) >= 11 is 0. The Bertz CT molecular complexity index is 468. The third kappa shape index (κ3) is 6.73. The van der Waals surface area contributed by atoms with E-state index in [1.165, 1.54) is 11.8 Å². The van der Waals surface area contributed by atoms with Crippen molar-refractivity contribution in [2.75, 3.05) is 12.0 Å². The Balaban J connectivity index is 2.76. The van der Waals surface area contributed by atoms with E-state index in [-0.39, 0.29) is 17.8 Å². The molecule has 0 spiro atoms. The van der Waals surface area contributed by atoms with E-state index in [1.807, 2.05) is 25.1 Å². The number of rotatable bonds is 7. The third-order valence-electron chi connectivity index (χ3n) is 2.95. The molecule has 0 fully saturated rings. The number of hydrogen-bond acceptors (Lipinski definition) is 3. The number of nitrogens with one attached hydrogen (secondary N) is 1. The van der Waals surface area contributed by atoms with Gasteiger partial charge in [-0.2, -0.15) is 0 Å². The van der Waals surface area contributed by atoms with E-state index in [0.29, 0.717) is 5.92 Å². The summed E-state index contributed by atoms with van der Waals surface area (Å²) in [6, 6.07) is 10.4. The van der Waals surface area contributed by atoms with E-state index in [0.717, 1.165) is 6.42 Å². The second-order valence-corrected chi connectivity index (χ2v) is 7.94. The highest BCUT2D eigenvalue weighted by molar-refractivity contribution is 7.90. The zero-order chi connectivity index (χ0) is 14.5. The Morgan fingerprint density at radius 3 is 2.16 bits per heavy atom. The first-order valence-electron chi connectivity index (χ1n) is 6.76. The molecule has 0 amide bonds. The van der Waals surface area contributed by atoms with E-state index in [2.05, 4.69) is 31.3 Å². The molecular formula is C15H25NO2S. The van der Waals surface area contributed by atoms with Gasteiger partial charge in [0.2, 0.25) is 0 Å². The van der Waals surface area contributed by atoms with Crippen LogP contribution in [0.25, 0.3) is 0 Å². The van der Waals surface area contributed by atoms with Crippen LogP contribution in [0, 0.1) is 5.92 Å². The van der Waals surface area contributed by atoms with Crippen molar-refractivity contribution in [1.82, 2.24) is 5.32 Å². The van der Waals surface area contributed by atoms with Gasteiger partial charge in [0.25, 0.3) is 0 Å². The molecule has 0 aliphatic carbocycles. The minimum Gasteiger partial charge on any atom is -0.306 e. The van der Waals surface area contributed by atoms with Crippen molar-refractivity contribution >= 4 is 9.84 Å². The van der Waals surface area contributed by atoms with Crippen molar-refractivity contribution in [2.45, 2.75) is 39.3 Å². The summed E-state index contributed by atoms with van der Waals surface area (Å²) in [4.78, 5) is 0. The topological polar surface area (TPSA) is 46.2 Å². The van der Waals surface area contributed by atoms with Crippen LogP contribution in [0.2, 0.25) is 0 Å². The second-order valence-electron chi connectivity index (χ2n) is 5.75. The first-order chi connectivity index (χ1) is 8.78. The molecule has 19 heavy (non-hydrogen) atoms. The molecule has 0 aromatic heterocycles. The average molecular weight is 283 g/mol. The average Bonchev–Trinajstić information content (AvgIpc) is 2.26. The summed E-state index contributed by atoms with van der Waals surface area (Å²) < 4.78 is 22.7. The highest BCUT2D eigenvalue weighted by Crippen LogP contribution is 2.21. The monoisotopic (exact) mass is 283 g/mol. The maximum atomic E-state index is 11.3. The number of sulfone groups is 1. The summed E-state index contributed by atoms with van der Waals surface area (Å²) in [6.45, 7) is 6.29. The fourth-order valence-corrected chi connectivity index (χ4v) is 3.31. The van der Waals surface area contributed by atoms with Crippen LogP contribution in [0.15, 0.2) is 30.3 Å². The van der Waals surface area contributed by atoms with Crippen molar-refractivity contribution in [2.24, 2.45) is 5.92 Å². The zero-order valence-corrected chi connectivity index (χ0v) is 13.1. The minimum absolute atomic E-state index is 0.0426. The van der Waals surface area contributed by atoms with Crippen molar-refractivity contribution in [3.8, 4) is 0 Å². The minimum atomic E-state index is -2.94. The first kappa shape index (κ1) is 16.2. The first-order valence-corrected chi connectivity index (χ1v) is 8.82. The van der Waals surface area contributed by atoms with Crippen LogP contribution < -0.4 is 5.32 Å². The predicted octanol–water partition coefficient (Wildman–Crippen LogP) is 2.80. The molecule has 0 aliphatic heterocycles. The molecule has 2 unspecified atom stereocenters. The standard InChI is InChI=1S/C15H25NO2S/c1-12(2)10-15(14-8-6-5-7-9-14)16-13(3)11-19(4,17)18/h5-9,12-13,15-16H,10-11H2,1-4H3. The van der Waals surface area contributed by atoms with Gasteiger partial charge in [0.1, 0.15) is 9.84 Å². The molecule has 0 saturated heterocycles. The van der Waals surface area contributed by atoms with E-state index in [9.17, 15) is 8.42 Å². The van der Waals surface area contributed by atoms with Crippen LogP contribution in [0.4, 0.5) is 0 Å². The van der Waals surface area contributed by atoms with Crippen LogP contribution in [0.5, 0.6) is 0 Å². The van der Waals surface area contributed by atoms with Gasteiger partial charge < -0.3 is 5.32 Å². The Kier molecular flexibility index (Phi) is 6.01. The van der Waals surface area contributed by atoms with Crippen molar-refractivity contribution in [1.29, 1.82) is 0 Å². The summed E-state index contributed by atoms with van der Waals surface area (Å²) in [5, 5.41) is 3.44. The van der Waals surface area contributed by atoms with Crippen molar-refractivity contribution in [3.05, 3.63) is 35.9 Å². The maximum Gasteiger partial charge on any atom is 0.148 e. The van der Waals surface area contributed by atoms with Crippen LogP contribution in [-0.4, -0.2) is 26.5 Å². The molecule has 0 bridgehead atoms. The predicted molar refractivity (Wildman–Crippen MR) is 80.9 cm³/mol. The van der Waals surface area contributed by atoms with Crippen LogP contribution in [0.1, 0.15) is 38.8 Å². The van der Waals surface area contributed by atoms with E-state index in [4.69, 9.17) is 0 Å². The molecule has 2 atom stereocenters. The van der Waals surface area contributed by atoms with Gasteiger partial charge in [-0.15, -0.1) is 0 Å². The maximum absolute atomic E-state index is 11.3. The fourth-order valence-electron chi connectivity index (χ4n) is 2.30. The van der Waals surface area contributed by atoms with Crippen LogP contribution in [0.3, 0.4) is 0 Å². The fraction of sp³-hybridized carbons (Fsp3) is 0.600. The van der Waals surface area contributed by atoms with Gasteiger partial charge in [-0.05, 0) is 24.8 Å². The molecule has 0 radical (unpaired) electrons. The SMILES string of the molecule is CC(C)CC(NC(C)CS(C)(=O)=O)c1ccccc1. The summed E-state index contributed by atoms with van der Waals surface area (Å²) in [6.07, 6.45) is 2.28. The smallest absolute Gasteiger partial charge is 0.148 e. The van der Waals surface area contributed by atoms with Crippen molar-refractivity contribution < 1.29 is 8.42 Å². The van der Waals surface area contributed by atoms with Crippen LogP contribution >= 0.6 is 0 Å². The Morgan fingerprint density at radius 2 is 1.68 bits per heavy atom. The number of benzene rings is 1. The molecule has 1 aromatic rings. The molecule has 108 valence electrons. The molecule has 1 aromatic carbocycles. The lowest BCUT2D eigenvalue weighted by Gasteiger charge is -2.25. The molecule has 0 saturated carbocycles. The van der Waals surface area contributed by atoms with Crippen LogP contribution in [-0.2, 0) is 9.84 Å². The lowest BCUT2D eigenvalue weighted by atomic mass is 9.96. The molecule has 1 N–H and O–H groups in total. The summed E-state index contributed by atoms with van der Waals surface area (Å²) in [5.41, 5.74) is 1.22. The molecule has 0 aliphatic rings. The van der Waals surface area contributed by atoms with E-state index in [1.54, 1.807) is 0 Å². The van der Waals surface area contributed by atoms with Gasteiger partial charge in [0.15, 0.2) is 0 Å². The largest absolute Gasteiger partial charge is 0.306 e. The van der Waals surface area contributed by atoms with E-state index < -0.39 is 9.84 Å². The van der Waals surface area contributed by atoms with Gasteiger partial charge in [0.05, 0.1) is 5.75 Å². The highest BCUT2D eigenvalue weighted by atomic mass is 32.2. The molecular weight excluding hydrogens is 258 g/mol. The zero-order valence-electron chi connectivity index (χ0n) is 12.3. The normalized spacial score (nSPS) is 15.4. The van der Waals surface area contributed by atoms with Gasteiger partial charge in [0, 0.05) is 18.3 Å². The Labute approximate surface area is 117 Å². The van der Waals surface area contributed by atoms with E-state index >= 15 is 0 Å². The lowest BCUT2D eigenvalue weighted by molar-refractivity contribution is 0.401.